The highest BCUT2D eigenvalue weighted by atomic mass is 35.5. The van der Waals surface area contributed by atoms with Crippen LogP contribution in [0.4, 0.5) is 5.69 Å². The summed E-state index contributed by atoms with van der Waals surface area (Å²) in [6, 6.07) is 5.03. The first-order valence-electron chi connectivity index (χ1n) is 6.34. The van der Waals surface area contributed by atoms with E-state index in [2.05, 4.69) is 33.0 Å². The first-order valence-corrected chi connectivity index (χ1v) is 6.72. The quantitative estimate of drug-likeness (QED) is 0.675. The molecule has 0 aromatic heterocycles. The van der Waals surface area contributed by atoms with Gasteiger partial charge in [-0.15, -0.1) is 0 Å². The van der Waals surface area contributed by atoms with Crippen molar-refractivity contribution in [1.82, 2.24) is 5.32 Å². The van der Waals surface area contributed by atoms with Crippen LogP contribution in [0.15, 0.2) is 18.2 Å². The van der Waals surface area contributed by atoms with Crippen LogP contribution in [0.3, 0.4) is 0 Å². The Bertz CT molecular complexity index is 512. The molecule has 0 aliphatic heterocycles. The van der Waals surface area contributed by atoms with Gasteiger partial charge < -0.3 is 5.32 Å². The number of nitro benzene ring substituents is 1. The van der Waals surface area contributed by atoms with Gasteiger partial charge in [-0.1, -0.05) is 39.3 Å². The number of rotatable bonds is 4. The lowest BCUT2D eigenvalue weighted by atomic mass is 10.0. The van der Waals surface area contributed by atoms with E-state index in [9.17, 15) is 10.1 Å². The molecule has 0 spiro atoms. The fraction of sp³-hybridized carbons (Fsp3) is 0.571. The third-order valence-electron chi connectivity index (χ3n) is 4.76. The number of hydrogen-bond donors (Lipinski definition) is 1. The number of hydrogen-bond acceptors (Lipinski definition) is 3. The van der Waals surface area contributed by atoms with Gasteiger partial charge in [0.1, 0.15) is 0 Å². The maximum atomic E-state index is 11.0. The zero-order chi connectivity index (χ0) is 14.4. The minimum absolute atomic E-state index is 0.119. The lowest BCUT2D eigenvalue weighted by Crippen LogP contribution is -2.22. The standard InChI is InChI=1S/C14H19ClN2O2/c1-13(2)12(14(13,3)4)16-8-9-7-10(15)5-6-11(9)17(18)19/h5-7,12,16H,8H2,1-4H3. The Morgan fingerprint density at radius 3 is 2.37 bits per heavy atom. The van der Waals surface area contributed by atoms with E-state index in [1.807, 2.05) is 0 Å². The molecule has 1 aliphatic carbocycles. The predicted molar refractivity (Wildman–Crippen MR) is 76.3 cm³/mol. The molecule has 2 rings (SSSR count). The lowest BCUT2D eigenvalue weighted by molar-refractivity contribution is -0.385. The molecule has 1 aliphatic rings. The Labute approximate surface area is 118 Å². The van der Waals surface area contributed by atoms with Crippen LogP contribution in [0.2, 0.25) is 5.02 Å². The Hall–Kier alpha value is -1.13. The number of nitrogens with zero attached hydrogens (tertiary/aromatic N) is 1. The summed E-state index contributed by atoms with van der Waals surface area (Å²) in [6.45, 7) is 9.29. The molecular formula is C14H19ClN2O2. The SMILES string of the molecule is CC1(C)C(NCc2cc(Cl)ccc2[N+](=O)[O-])C1(C)C. The average molecular weight is 283 g/mol. The summed E-state index contributed by atoms with van der Waals surface area (Å²) >= 11 is 5.91. The van der Waals surface area contributed by atoms with Gasteiger partial charge in [-0.25, -0.2) is 0 Å². The van der Waals surface area contributed by atoms with Crippen molar-refractivity contribution in [3.05, 3.63) is 38.9 Å². The largest absolute Gasteiger partial charge is 0.309 e. The number of halogens is 1. The van der Waals surface area contributed by atoms with Gasteiger partial charge in [0.2, 0.25) is 0 Å². The minimum Gasteiger partial charge on any atom is -0.309 e. The van der Waals surface area contributed by atoms with E-state index in [1.165, 1.54) is 6.07 Å². The van der Waals surface area contributed by atoms with Crippen molar-refractivity contribution >= 4 is 17.3 Å². The molecule has 4 nitrogen and oxygen atoms in total. The molecule has 1 aromatic rings. The fourth-order valence-corrected chi connectivity index (χ4v) is 2.99. The van der Waals surface area contributed by atoms with Gasteiger partial charge in [0.05, 0.1) is 4.92 Å². The second kappa shape index (κ2) is 4.46. The van der Waals surface area contributed by atoms with E-state index in [4.69, 9.17) is 11.6 Å². The normalized spacial score (nSPS) is 20.3. The van der Waals surface area contributed by atoms with Crippen LogP contribution in [0.5, 0.6) is 0 Å². The Morgan fingerprint density at radius 2 is 1.89 bits per heavy atom. The molecule has 1 aromatic carbocycles. The lowest BCUT2D eigenvalue weighted by Gasteiger charge is -2.07. The van der Waals surface area contributed by atoms with Crippen molar-refractivity contribution in [2.24, 2.45) is 10.8 Å². The number of benzene rings is 1. The molecule has 1 N–H and O–H groups in total. The highest BCUT2D eigenvalue weighted by Gasteiger charge is 2.64. The molecule has 0 radical (unpaired) electrons. The van der Waals surface area contributed by atoms with Crippen LogP contribution < -0.4 is 5.32 Å². The van der Waals surface area contributed by atoms with E-state index in [0.29, 0.717) is 23.2 Å². The Morgan fingerprint density at radius 1 is 1.32 bits per heavy atom. The van der Waals surface area contributed by atoms with E-state index >= 15 is 0 Å². The third kappa shape index (κ3) is 2.35. The molecule has 1 fully saturated rings. The van der Waals surface area contributed by atoms with E-state index in [-0.39, 0.29) is 21.4 Å². The zero-order valence-electron chi connectivity index (χ0n) is 11.7. The van der Waals surface area contributed by atoms with Crippen LogP contribution in [0.25, 0.3) is 0 Å². The van der Waals surface area contributed by atoms with Gasteiger partial charge in [-0.2, -0.15) is 0 Å². The molecule has 0 bridgehead atoms. The maximum Gasteiger partial charge on any atom is 0.273 e. The van der Waals surface area contributed by atoms with Gasteiger partial charge in [0.15, 0.2) is 0 Å². The van der Waals surface area contributed by atoms with Crippen LogP contribution in [0, 0.1) is 20.9 Å². The third-order valence-corrected chi connectivity index (χ3v) is 4.99. The highest BCUT2D eigenvalue weighted by molar-refractivity contribution is 6.30. The van der Waals surface area contributed by atoms with Gasteiger partial charge in [0.25, 0.3) is 5.69 Å². The predicted octanol–water partition coefficient (Wildman–Crippen LogP) is 3.77. The van der Waals surface area contributed by atoms with Crippen molar-refractivity contribution < 1.29 is 4.92 Å². The second-order valence-corrected chi connectivity index (χ2v) is 6.72. The van der Waals surface area contributed by atoms with Crippen molar-refractivity contribution in [2.45, 2.75) is 40.3 Å². The van der Waals surface area contributed by atoms with Crippen LogP contribution in [-0.2, 0) is 6.54 Å². The summed E-state index contributed by atoms with van der Waals surface area (Å²) < 4.78 is 0. The summed E-state index contributed by atoms with van der Waals surface area (Å²) in [6.07, 6.45) is 0. The second-order valence-electron chi connectivity index (χ2n) is 6.29. The van der Waals surface area contributed by atoms with Gasteiger partial charge in [-0.3, -0.25) is 10.1 Å². The van der Waals surface area contributed by atoms with Crippen LogP contribution in [0.1, 0.15) is 33.3 Å². The molecular weight excluding hydrogens is 264 g/mol. The monoisotopic (exact) mass is 282 g/mol. The summed E-state index contributed by atoms with van der Waals surface area (Å²) in [5, 5.41) is 14.9. The van der Waals surface area contributed by atoms with Crippen molar-refractivity contribution in [3.63, 3.8) is 0 Å². The van der Waals surface area contributed by atoms with Crippen molar-refractivity contribution in [3.8, 4) is 0 Å². The molecule has 0 heterocycles. The van der Waals surface area contributed by atoms with Crippen LogP contribution in [-0.4, -0.2) is 11.0 Å². The molecule has 1 saturated carbocycles. The van der Waals surface area contributed by atoms with Gasteiger partial charge >= 0.3 is 0 Å². The highest BCUT2D eigenvalue weighted by Crippen LogP contribution is 2.62. The van der Waals surface area contributed by atoms with E-state index in [1.54, 1.807) is 12.1 Å². The Kier molecular flexibility index (Phi) is 3.35. The van der Waals surface area contributed by atoms with Crippen LogP contribution >= 0.6 is 11.6 Å². The Balaban J connectivity index is 2.13. The summed E-state index contributed by atoms with van der Waals surface area (Å²) in [5.74, 6) is 0. The average Bonchev–Trinajstić information content (AvgIpc) is 2.66. The maximum absolute atomic E-state index is 11.0. The molecule has 104 valence electrons. The summed E-state index contributed by atoms with van der Waals surface area (Å²) in [5.41, 5.74) is 1.17. The van der Waals surface area contributed by atoms with Gasteiger partial charge in [-0.05, 0) is 23.0 Å². The molecule has 0 atom stereocenters. The van der Waals surface area contributed by atoms with Crippen molar-refractivity contribution in [2.75, 3.05) is 0 Å². The molecule has 0 unspecified atom stereocenters. The summed E-state index contributed by atoms with van der Waals surface area (Å²) in [4.78, 5) is 10.6. The first kappa shape index (κ1) is 14.3. The fourth-order valence-electron chi connectivity index (χ4n) is 2.79. The molecule has 0 saturated heterocycles. The first-order chi connectivity index (χ1) is 8.68. The smallest absolute Gasteiger partial charge is 0.273 e. The topological polar surface area (TPSA) is 55.2 Å². The van der Waals surface area contributed by atoms with Gasteiger partial charge in [0, 0.05) is 29.2 Å². The number of nitrogens with one attached hydrogen (secondary N) is 1. The summed E-state index contributed by atoms with van der Waals surface area (Å²) in [7, 11) is 0. The number of nitro groups is 1. The molecule has 19 heavy (non-hydrogen) atoms. The van der Waals surface area contributed by atoms with Crippen molar-refractivity contribution in [1.29, 1.82) is 0 Å². The minimum atomic E-state index is -0.365. The zero-order valence-corrected chi connectivity index (χ0v) is 12.4. The molecule has 5 heteroatoms. The van der Waals surface area contributed by atoms with E-state index in [0.717, 1.165) is 0 Å². The molecule has 0 amide bonds. The van der Waals surface area contributed by atoms with E-state index < -0.39 is 0 Å².